The minimum absolute atomic E-state index is 0.203. The lowest BCUT2D eigenvalue weighted by Crippen LogP contribution is -2.14. The smallest absolute Gasteiger partial charge is 0.261 e. The second-order valence-electron chi connectivity index (χ2n) is 4.78. The molecule has 0 fully saturated rings. The van der Waals surface area contributed by atoms with Gasteiger partial charge in [0.15, 0.2) is 0 Å². The quantitative estimate of drug-likeness (QED) is 0.851. The van der Waals surface area contributed by atoms with E-state index in [1.165, 1.54) is 0 Å². The first-order valence-corrected chi connectivity index (χ1v) is 8.22. The van der Waals surface area contributed by atoms with Crippen LogP contribution in [-0.2, 0) is 32.7 Å². The van der Waals surface area contributed by atoms with E-state index in [4.69, 9.17) is 9.47 Å². The predicted molar refractivity (Wildman–Crippen MR) is 85.1 cm³/mol. The van der Waals surface area contributed by atoms with Gasteiger partial charge in [0.25, 0.3) is 10.0 Å². The number of para-hydroxylation sites is 1. The summed E-state index contributed by atoms with van der Waals surface area (Å²) in [5.74, 6) is 0. The van der Waals surface area contributed by atoms with Gasteiger partial charge in [-0.05, 0) is 23.8 Å². The molecule has 0 saturated heterocycles. The van der Waals surface area contributed by atoms with Gasteiger partial charge in [0.2, 0.25) is 0 Å². The summed E-state index contributed by atoms with van der Waals surface area (Å²) in [5.41, 5.74) is 2.10. The Bertz CT molecular complexity index is 728. The van der Waals surface area contributed by atoms with Crippen LogP contribution in [0.3, 0.4) is 0 Å². The van der Waals surface area contributed by atoms with Gasteiger partial charge in [-0.3, -0.25) is 4.72 Å². The van der Waals surface area contributed by atoms with Crippen molar-refractivity contribution >= 4 is 15.7 Å². The normalized spacial score (nSPS) is 11.4. The van der Waals surface area contributed by atoms with Gasteiger partial charge in [0.05, 0.1) is 23.8 Å². The molecule has 0 aliphatic rings. The summed E-state index contributed by atoms with van der Waals surface area (Å²) < 4.78 is 37.8. The highest BCUT2D eigenvalue weighted by atomic mass is 32.2. The van der Waals surface area contributed by atoms with Gasteiger partial charge in [0.1, 0.15) is 0 Å². The molecule has 0 atom stereocenters. The van der Waals surface area contributed by atoms with Gasteiger partial charge in [-0.1, -0.05) is 30.3 Å². The predicted octanol–water partition coefficient (Wildman–Crippen LogP) is 2.78. The molecular weight excluding hydrogens is 302 g/mol. The van der Waals surface area contributed by atoms with E-state index in [0.29, 0.717) is 18.9 Å². The van der Waals surface area contributed by atoms with Crippen LogP contribution in [0.5, 0.6) is 0 Å². The average Bonchev–Trinajstić information content (AvgIpc) is 2.50. The number of rotatable bonds is 7. The van der Waals surface area contributed by atoms with Gasteiger partial charge in [-0.15, -0.1) is 0 Å². The maximum atomic E-state index is 12.5. The number of hydrogen-bond donors (Lipinski definition) is 1. The van der Waals surface area contributed by atoms with Crippen molar-refractivity contribution in [2.75, 3.05) is 18.9 Å². The Morgan fingerprint density at radius 3 is 2.41 bits per heavy atom. The third-order valence-electron chi connectivity index (χ3n) is 3.08. The van der Waals surface area contributed by atoms with E-state index < -0.39 is 10.0 Å². The maximum absolute atomic E-state index is 12.5. The highest BCUT2D eigenvalue weighted by Gasteiger charge is 2.16. The van der Waals surface area contributed by atoms with Crippen LogP contribution in [0.25, 0.3) is 0 Å². The molecule has 0 aliphatic heterocycles. The molecule has 1 N–H and O–H groups in total. The number of nitrogens with one attached hydrogen (secondary N) is 1. The van der Waals surface area contributed by atoms with Gasteiger partial charge in [-0.25, -0.2) is 8.42 Å². The second kappa shape index (κ2) is 7.40. The van der Waals surface area contributed by atoms with Crippen LogP contribution in [-0.4, -0.2) is 22.6 Å². The van der Waals surface area contributed by atoms with Crippen molar-refractivity contribution < 1.29 is 17.9 Å². The number of sulfonamides is 1. The lowest BCUT2D eigenvalue weighted by molar-refractivity contribution is 0.184. The van der Waals surface area contributed by atoms with Crippen molar-refractivity contribution in [3.05, 3.63) is 59.7 Å². The number of ether oxygens (including phenoxy) is 2. The summed E-state index contributed by atoms with van der Waals surface area (Å²) in [4.78, 5) is 0.203. The second-order valence-corrected chi connectivity index (χ2v) is 6.46. The van der Waals surface area contributed by atoms with E-state index in [1.54, 1.807) is 44.6 Å². The molecule has 2 rings (SSSR count). The summed E-state index contributed by atoms with van der Waals surface area (Å²) in [6.07, 6.45) is 0. The van der Waals surface area contributed by atoms with E-state index in [-0.39, 0.29) is 4.90 Å². The zero-order chi connectivity index (χ0) is 16.0. The molecular formula is C16H19NO4S. The van der Waals surface area contributed by atoms with E-state index in [0.717, 1.165) is 11.1 Å². The molecule has 5 nitrogen and oxygen atoms in total. The largest absolute Gasteiger partial charge is 0.380 e. The van der Waals surface area contributed by atoms with Gasteiger partial charge in [0, 0.05) is 19.8 Å². The summed E-state index contributed by atoms with van der Waals surface area (Å²) in [6, 6.07) is 13.8. The molecule has 0 aromatic heterocycles. The van der Waals surface area contributed by atoms with Crippen LogP contribution in [0.2, 0.25) is 0 Å². The van der Waals surface area contributed by atoms with Crippen molar-refractivity contribution in [1.82, 2.24) is 0 Å². The van der Waals surface area contributed by atoms with E-state index in [2.05, 4.69) is 4.72 Å². The minimum Gasteiger partial charge on any atom is -0.380 e. The highest BCUT2D eigenvalue weighted by Crippen LogP contribution is 2.21. The zero-order valence-corrected chi connectivity index (χ0v) is 13.4. The monoisotopic (exact) mass is 321 g/mol. The SMILES string of the molecule is COCc1cccc(S(=O)(=O)Nc2ccccc2COC)c1. The molecule has 118 valence electrons. The Hall–Kier alpha value is -1.89. The molecule has 0 unspecified atom stereocenters. The molecule has 0 heterocycles. The summed E-state index contributed by atoms with van der Waals surface area (Å²) in [6.45, 7) is 0.700. The summed E-state index contributed by atoms with van der Waals surface area (Å²) in [5, 5.41) is 0. The van der Waals surface area contributed by atoms with Crippen molar-refractivity contribution in [3.63, 3.8) is 0 Å². The fourth-order valence-electron chi connectivity index (χ4n) is 2.07. The van der Waals surface area contributed by atoms with Crippen LogP contribution >= 0.6 is 0 Å². The first-order chi connectivity index (χ1) is 10.6. The molecule has 2 aromatic carbocycles. The topological polar surface area (TPSA) is 64.6 Å². The molecule has 0 saturated carbocycles. The Balaban J connectivity index is 2.30. The van der Waals surface area contributed by atoms with Crippen LogP contribution in [0.4, 0.5) is 5.69 Å². The molecule has 0 bridgehead atoms. The van der Waals surface area contributed by atoms with E-state index in [1.807, 2.05) is 18.2 Å². The summed E-state index contributed by atoms with van der Waals surface area (Å²) in [7, 11) is -0.517. The molecule has 2 aromatic rings. The minimum atomic E-state index is -3.66. The Labute approximate surface area is 130 Å². The van der Waals surface area contributed by atoms with Gasteiger partial charge < -0.3 is 9.47 Å². The van der Waals surface area contributed by atoms with Crippen LogP contribution in [0.15, 0.2) is 53.4 Å². The van der Waals surface area contributed by atoms with Crippen molar-refractivity contribution in [1.29, 1.82) is 0 Å². The lowest BCUT2D eigenvalue weighted by atomic mass is 10.2. The van der Waals surface area contributed by atoms with Crippen LogP contribution in [0.1, 0.15) is 11.1 Å². The molecule has 0 amide bonds. The number of anilines is 1. The van der Waals surface area contributed by atoms with Crippen LogP contribution < -0.4 is 4.72 Å². The zero-order valence-electron chi connectivity index (χ0n) is 12.6. The van der Waals surface area contributed by atoms with E-state index in [9.17, 15) is 8.42 Å². The Kier molecular flexibility index (Phi) is 5.54. The fraction of sp³-hybridized carbons (Fsp3) is 0.250. The molecule has 0 radical (unpaired) electrons. The highest BCUT2D eigenvalue weighted by molar-refractivity contribution is 7.92. The van der Waals surface area contributed by atoms with Crippen LogP contribution in [0, 0.1) is 0 Å². The standard InChI is InChI=1S/C16H19NO4S/c1-20-11-13-6-5-8-15(10-13)22(18,19)17-16-9-4-3-7-14(16)12-21-2/h3-10,17H,11-12H2,1-2H3. The Morgan fingerprint density at radius 2 is 1.68 bits per heavy atom. The van der Waals surface area contributed by atoms with Crippen molar-refractivity contribution in [2.45, 2.75) is 18.1 Å². The third-order valence-corrected chi connectivity index (χ3v) is 4.44. The third kappa shape index (κ3) is 4.07. The van der Waals surface area contributed by atoms with Gasteiger partial charge >= 0.3 is 0 Å². The fourth-order valence-corrected chi connectivity index (χ4v) is 3.24. The Morgan fingerprint density at radius 1 is 0.955 bits per heavy atom. The first kappa shape index (κ1) is 16.5. The maximum Gasteiger partial charge on any atom is 0.261 e. The lowest BCUT2D eigenvalue weighted by Gasteiger charge is -2.12. The van der Waals surface area contributed by atoms with Gasteiger partial charge in [-0.2, -0.15) is 0 Å². The number of methoxy groups -OCH3 is 2. The summed E-state index contributed by atoms with van der Waals surface area (Å²) >= 11 is 0. The first-order valence-electron chi connectivity index (χ1n) is 6.74. The van der Waals surface area contributed by atoms with Crippen molar-refractivity contribution in [2.24, 2.45) is 0 Å². The molecule has 6 heteroatoms. The van der Waals surface area contributed by atoms with E-state index >= 15 is 0 Å². The molecule has 22 heavy (non-hydrogen) atoms. The number of benzene rings is 2. The number of hydrogen-bond acceptors (Lipinski definition) is 4. The molecule has 0 spiro atoms. The average molecular weight is 321 g/mol. The molecule has 0 aliphatic carbocycles. The van der Waals surface area contributed by atoms with Crippen molar-refractivity contribution in [3.8, 4) is 0 Å².